The Bertz CT molecular complexity index is 298. The van der Waals surface area contributed by atoms with Crippen molar-refractivity contribution in [3.8, 4) is 0 Å². The van der Waals surface area contributed by atoms with Crippen LogP contribution in [0.2, 0.25) is 5.02 Å². The molecule has 0 saturated carbocycles. The standard InChI is InChI=1S/C6H5ClO2S/c7-5-3-1-2-4-6(5)10(8)9/h1-4,10H. The second kappa shape index (κ2) is 3.03. The highest BCUT2D eigenvalue weighted by Crippen LogP contribution is 2.15. The summed E-state index contributed by atoms with van der Waals surface area (Å²) in [5, 5.41) is 0.276. The molecule has 0 spiro atoms. The van der Waals surface area contributed by atoms with Crippen LogP contribution in [0.3, 0.4) is 0 Å². The van der Waals surface area contributed by atoms with Crippen molar-refractivity contribution in [2.45, 2.75) is 4.90 Å². The summed E-state index contributed by atoms with van der Waals surface area (Å²) in [5.41, 5.74) is 0. The van der Waals surface area contributed by atoms with Crippen molar-refractivity contribution in [3.63, 3.8) is 0 Å². The summed E-state index contributed by atoms with van der Waals surface area (Å²) >= 11 is 5.54. The average Bonchev–Trinajstić information content (AvgIpc) is 1.88. The number of benzene rings is 1. The van der Waals surface area contributed by atoms with Crippen LogP contribution in [0.1, 0.15) is 0 Å². The van der Waals surface area contributed by atoms with Crippen LogP contribution in [0.4, 0.5) is 0 Å². The van der Waals surface area contributed by atoms with Gasteiger partial charge in [-0.25, -0.2) is 8.42 Å². The lowest BCUT2D eigenvalue weighted by molar-refractivity contribution is 0.614. The fourth-order valence-electron chi connectivity index (χ4n) is 0.600. The minimum Gasteiger partial charge on any atom is -0.227 e. The topological polar surface area (TPSA) is 34.1 Å². The zero-order valence-electron chi connectivity index (χ0n) is 4.95. The molecule has 1 aromatic rings. The first-order chi connectivity index (χ1) is 4.72. The van der Waals surface area contributed by atoms with Crippen LogP contribution in [0, 0.1) is 0 Å². The van der Waals surface area contributed by atoms with Gasteiger partial charge in [-0.05, 0) is 12.1 Å². The van der Waals surface area contributed by atoms with E-state index in [0.29, 0.717) is 0 Å². The van der Waals surface area contributed by atoms with Gasteiger partial charge in [0, 0.05) is 0 Å². The summed E-state index contributed by atoms with van der Waals surface area (Å²) in [6, 6.07) is 6.33. The van der Waals surface area contributed by atoms with Crippen LogP contribution >= 0.6 is 11.6 Å². The van der Waals surface area contributed by atoms with E-state index in [-0.39, 0.29) is 9.92 Å². The monoisotopic (exact) mass is 176 g/mol. The molecule has 2 nitrogen and oxygen atoms in total. The Kier molecular flexibility index (Phi) is 2.29. The van der Waals surface area contributed by atoms with Crippen LogP contribution in [0.15, 0.2) is 29.2 Å². The zero-order valence-corrected chi connectivity index (χ0v) is 6.60. The maximum Gasteiger partial charge on any atom is 0.169 e. The predicted molar refractivity (Wildman–Crippen MR) is 40.0 cm³/mol. The molecule has 1 rings (SSSR count). The molecule has 10 heavy (non-hydrogen) atoms. The molecule has 0 unspecified atom stereocenters. The van der Waals surface area contributed by atoms with Crippen LogP contribution < -0.4 is 0 Å². The number of hydrogen-bond acceptors (Lipinski definition) is 2. The molecule has 0 aliphatic carbocycles. The van der Waals surface area contributed by atoms with Crippen molar-refractivity contribution >= 4 is 22.3 Å². The average molecular weight is 177 g/mol. The summed E-state index contributed by atoms with van der Waals surface area (Å²) in [4.78, 5) is 0.180. The minimum atomic E-state index is -2.55. The lowest BCUT2D eigenvalue weighted by atomic mass is 10.4. The molecule has 0 aliphatic rings. The Morgan fingerprint density at radius 3 is 2.20 bits per heavy atom. The summed E-state index contributed by atoms with van der Waals surface area (Å²) < 4.78 is 20.7. The molecule has 0 atom stereocenters. The molecular weight excluding hydrogens is 172 g/mol. The zero-order chi connectivity index (χ0) is 7.56. The Morgan fingerprint density at radius 2 is 1.80 bits per heavy atom. The van der Waals surface area contributed by atoms with E-state index in [1.165, 1.54) is 6.07 Å². The lowest BCUT2D eigenvalue weighted by Gasteiger charge is -1.91. The summed E-state index contributed by atoms with van der Waals surface area (Å²) in [5.74, 6) is 0. The minimum absolute atomic E-state index is 0.180. The predicted octanol–water partition coefficient (Wildman–Crippen LogP) is 1.31. The van der Waals surface area contributed by atoms with Gasteiger partial charge in [0.2, 0.25) is 0 Å². The van der Waals surface area contributed by atoms with Gasteiger partial charge in [-0.1, -0.05) is 23.7 Å². The van der Waals surface area contributed by atoms with E-state index in [1.807, 2.05) is 0 Å². The van der Waals surface area contributed by atoms with E-state index in [0.717, 1.165) is 0 Å². The van der Waals surface area contributed by atoms with Crippen molar-refractivity contribution in [1.29, 1.82) is 0 Å². The summed E-state index contributed by atoms with van der Waals surface area (Å²) in [6.45, 7) is 0. The fourth-order valence-corrected chi connectivity index (χ4v) is 1.40. The van der Waals surface area contributed by atoms with E-state index in [9.17, 15) is 8.42 Å². The van der Waals surface area contributed by atoms with Gasteiger partial charge in [0.25, 0.3) is 0 Å². The largest absolute Gasteiger partial charge is 0.227 e. The molecule has 0 bridgehead atoms. The molecule has 0 fully saturated rings. The first kappa shape index (κ1) is 7.57. The summed E-state index contributed by atoms with van der Waals surface area (Å²) in [7, 11) is -2.55. The van der Waals surface area contributed by atoms with Gasteiger partial charge in [0.05, 0.1) is 9.92 Å². The molecule has 0 aliphatic heterocycles. The Hall–Kier alpha value is -0.540. The van der Waals surface area contributed by atoms with E-state index < -0.39 is 10.7 Å². The van der Waals surface area contributed by atoms with Crippen molar-refractivity contribution in [1.82, 2.24) is 0 Å². The molecule has 54 valence electrons. The van der Waals surface area contributed by atoms with Gasteiger partial charge in [-0.3, -0.25) is 0 Å². The number of halogens is 1. The second-order valence-corrected chi connectivity index (χ2v) is 3.11. The van der Waals surface area contributed by atoms with Gasteiger partial charge >= 0.3 is 0 Å². The summed E-state index contributed by atoms with van der Waals surface area (Å²) in [6.07, 6.45) is 0. The Labute approximate surface area is 65.4 Å². The van der Waals surface area contributed by atoms with Gasteiger partial charge < -0.3 is 0 Å². The molecular formula is C6H5ClO2S. The molecule has 0 aromatic heterocycles. The molecule has 0 radical (unpaired) electrons. The highest BCUT2D eigenvalue weighted by Gasteiger charge is 1.97. The van der Waals surface area contributed by atoms with E-state index in [2.05, 4.69) is 0 Å². The van der Waals surface area contributed by atoms with E-state index >= 15 is 0 Å². The molecule has 0 saturated heterocycles. The lowest BCUT2D eigenvalue weighted by Crippen LogP contribution is -1.79. The van der Waals surface area contributed by atoms with Gasteiger partial charge in [-0.15, -0.1) is 0 Å². The third-order valence-corrected chi connectivity index (χ3v) is 2.29. The Balaban J connectivity index is 3.28. The van der Waals surface area contributed by atoms with Crippen molar-refractivity contribution < 1.29 is 8.42 Å². The maximum absolute atomic E-state index is 10.4. The first-order valence-corrected chi connectivity index (χ1v) is 4.16. The highest BCUT2D eigenvalue weighted by atomic mass is 35.5. The Morgan fingerprint density at radius 1 is 1.20 bits per heavy atom. The molecule has 0 heterocycles. The van der Waals surface area contributed by atoms with Crippen molar-refractivity contribution in [2.75, 3.05) is 0 Å². The maximum atomic E-state index is 10.4. The van der Waals surface area contributed by atoms with Crippen LogP contribution in [-0.4, -0.2) is 8.42 Å². The molecule has 0 amide bonds. The van der Waals surface area contributed by atoms with Crippen LogP contribution in [0.25, 0.3) is 0 Å². The second-order valence-electron chi connectivity index (χ2n) is 1.71. The number of rotatable bonds is 1. The van der Waals surface area contributed by atoms with Crippen molar-refractivity contribution in [2.24, 2.45) is 0 Å². The van der Waals surface area contributed by atoms with Crippen LogP contribution in [-0.2, 0) is 10.7 Å². The number of thiol groups is 1. The third kappa shape index (κ3) is 1.49. The molecule has 4 heteroatoms. The molecule has 1 aromatic carbocycles. The molecule has 0 N–H and O–H groups in total. The quantitative estimate of drug-likeness (QED) is 0.655. The van der Waals surface area contributed by atoms with Gasteiger partial charge in [-0.2, -0.15) is 0 Å². The first-order valence-electron chi connectivity index (χ1n) is 2.61. The SMILES string of the molecule is O=[SH](=O)c1ccccc1Cl. The fraction of sp³-hybridized carbons (Fsp3) is 0. The van der Waals surface area contributed by atoms with Crippen LogP contribution in [0.5, 0.6) is 0 Å². The van der Waals surface area contributed by atoms with Gasteiger partial charge in [0.1, 0.15) is 0 Å². The smallest absolute Gasteiger partial charge is 0.169 e. The third-order valence-electron chi connectivity index (χ3n) is 1.05. The highest BCUT2D eigenvalue weighted by molar-refractivity contribution is 7.72. The van der Waals surface area contributed by atoms with E-state index in [1.54, 1.807) is 18.2 Å². The normalized spacial score (nSPS) is 10.2. The van der Waals surface area contributed by atoms with Crippen molar-refractivity contribution in [3.05, 3.63) is 29.3 Å². The van der Waals surface area contributed by atoms with Gasteiger partial charge in [0.15, 0.2) is 10.7 Å². The van der Waals surface area contributed by atoms with E-state index in [4.69, 9.17) is 11.6 Å². The number of hydrogen-bond donors (Lipinski definition) is 1.